The SMILES string of the molecule is CC1(C)CN(Cc2cnc(-c3ccc(Br)cc3)s2)CCC1N. The molecule has 1 atom stereocenters. The Morgan fingerprint density at radius 3 is 2.77 bits per heavy atom. The van der Waals surface area contributed by atoms with E-state index in [4.69, 9.17) is 5.73 Å². The van der Waals surface area contributed by atoms with E-state index in [1.54, 1.807) is 11.3 Å². The third-order valence-electron chi connectivity index (χ3n) is 4.42. The molecular formula is C17H22BrN3S. The van der Waals surface area contributed by atoms with Crippen LogP contribution in [0.25, 0.3) is 10.6 Å². The van der Waals surface area contributed by atoms with E-state index < -0.39 is 0 Å². The molecule has 3 rings (SSSR count). The molecule has 5 heteroatoms. The molecule has 0 spiro atoms. The molecule has 118 valence electrons. The van der Waals surface area contributed by atoms with Crippen LogP contribution in [0.4, 0.5) is 0 Å². The van der Waals surface area contributed by atoms with Gasteiger partial charge in [0.25, 0.3) is 0 Å². The minimum absolute atomic E-state index is 0.192. The standard InChI is InChI=1S/C17H22BrN3S/c1-17(2)11-21(8-7-15(17)19)10-14-9-20-16(22-14)12-3-5-13(18)6-4-12/h3-6,9,15H,7-8,10-11,19H2,1-2H3. The average Bonchev–Trinajstić information content (AvgIpc) is 2.92. The van der Waals surface area contributed by atoms with Gasteiger partial charge in [-0.3, -0.25) is 4.90 Å². The number of halogens is 1. The van der Waals surface area contributed by atoms with Crippen molar-refractivity contribution in [3.63, 3.8) is 0 Å². The molecule has 0 aliphatic carbocycles. The number of thiazole rings is 1. The van der Waals surface area contributed by atoms with Crippen molar-refractivity contribution >= 4 is 27.3 Å². The van der Waals surface area contributed by atoms with E-state index in [1.807, 2.05) is 6.20 Å². The van der Waals surface area contributed by atoms with E-state index in [0.29, 0.717) is 6.04 Å². The summed E-state index contributed by atoms with van der Waals surface area (Å²) in [5, 5.41) is 1.09. The van der Waals surface area contributed by atoms with Crippen molar-refractivity contribution in [2.24, 2.45) is 11.1 Å². The first-order valence-corrected chi connectivity index (χ1v) is 9.23. The van der Waals surface area contributed by atoms with Gasteiger partial charge in [0.15, 0.2) is 0 Å². The summed E-state index contributed by atoms with van der Waals surface area (Å²) in [5.74, 6) is 0. The van der Waals surface area contributed by atoms with Crippen molar-refractivity contribution in [3.8, 4) is 10.6 Å². The second kappa shape index (κ2) is 6.40. The normalized spacial score (nSPS) is 21.9. The van der Waals surface area contributed by atoms with E-state index in [0.717, 1.165) is 35.5 Å². The van der Waals surface area contributed by atoms with Gasteiger partial charge in [-0.05, 0) is 24.0 Å². The van der Waals surface area contributed by atoms with Crippen LogP contribution >= 0.6 is 27.3 Å². The number of aromatic nitrogens is 1. The zero-order valence-corrected chi connectivity index (χ0v) is 15.5. The fraction of sp³-hybridized carbons (Fsp3) is 0.471. The van der Waals surface area contributed by atoms with Gasteiger partial charge in [-0.2, -0.15) is 0 Å². The topological polar surface area (TPSA) is 42.2 Å². The largest absolute Gasteiger partial charge is 0.327 e. The van der Waals surface area contributed by atoms with Gasteiger partial charge in [0.1, 0.15) is 5.01 Å². The van der Waals surface area contributed by atoms with Crippen molar-refractivity contribution in [2.75, 3.05) is 13.1 Å². The summed E-state index contributed by atoms with van der Waals surface area (Å²) in [6.07, 6.45) is 3.09. The van der Waals surface area contributed by atoms with Crippen LogP contribution in [-0.4, -0.2) is 29.0 Å². The lowest BCUT2D eigenvalue weighted by molar-refractivity contribution is 0.0906. The second-order valence-electron chi connectivity index (χ2n) is 6.73. The van der Waals surface area contributed by atoms with Gasteiger partial charge >= 0.3 is 0 Å². The first-order chi connectivity index (χ1) is 10.4. The van der Waals surface area contributed by atoms with Crippen LogP contribution in [0.2, 0.25) is 0 Å². The lowest BCUT2D eigenvalue weighted by Crippen LogP contribution is -2.51. The molecule has 3 nitrogen and oxygen atoms in total. The number of rotatable bonds is 3. The summed E-state index contributed by atoms with van der Waals surface area (Å²) in [4.78, 5) is 8.41. The van der Waals surface area contributed by atoms with Gasteiger partial charge in [0, 0.05) is 46.8 Å². The maximum absolute atomic E-state index is 6.22. The van der Waals surface area contributed by atoms with E-state index in [2.05, 4.69) is 63.9 Å². The van der Waals surface area contributed by atoms with E-state index in [-0.39, 0.29) is 5.41 Å². The number of nitrogens with two attached hydrogens (primary N) is 1. The quantitative estimate of drug-likeness (QED) is 0.871. The molecule has 1 unspecified atom stereocenters. The predicted molar refractivity (Wildman–Crippen MR) is 96.9 cm³/mol. The summed E-state index contributed by atoms with van der Waals surface area (Å²) in [6, 6.07) is 8.64. The highest BCUT2D eigenvalue weighted by molar-refractivity contribution is 9.10. The first-order valence-electron chi connectivity index (χ1n) is 7.63. The maximum atomic E-state index is 6.22. The minimum Gasteiger partial charge on any atom is -0.327 e. The fourth-order valence-electron chi connectivity index (χ4n) is 2.95. The first kappa shape index (κ1) is 16.1. The van der Waals surface area contributed by atoms with Crippen LogP contribution in [0.3, 0.4) is 0 Å². The van der Waals surface area contributed by atoms with E-state index in [1.165, 1.54) is 10.4 Å². The number of benzene rings is 1. The van der Waals surface area contributed by atoms with Crippen molar-refractivity contribution < 1.29 is 0 Å². The molecule has 0 saturated carbocycles. The molecule has 1 aliphatic heterocycles. The Kier molecular flexibility index (Phi) is 4.69. The third-order valence-corrected chi connectivity index (χ3v) is 5.98. The van der Waals surface area contributed by atoms with Crippen molar-refractivity contribution in [1.29, 1.82) is 0 Å². The highest BCUT2D eigenvalue weighted by Gasteiger charge is 2.33. The second-order valence-corrected chi connectivity index (χ2v) is 8.76. The predicted octanol–water partition coefficient (Wildman–Crippen LogP) is 4.13. The number of likely N-dealkylation sites (tertiary alicyclic amines) is 1. The lowest BCUT2D eigenvalue weighted by Gasteiger charge is -2.42. The van der Waals surface area contributed by atoms with Crippen LogP contribution in [0.15, 0.2) is 34.9 Å². The van der Waals surface area contributed by atoms with Crippen LogP contribution in [0, 0.1) is 5.41 Å². The minimum atomic E-state index is 0.192. The van der Waals surface area contributed by atoms with Gasteiger partial charge < -0.3 is 5.73 Å². The Hall–Kier alpha value is -0.750. The average molecular weight is 380 g/mol. The molecule has 2 N–H and O–H groups in total. The Morgan fingerprint density at radius 2 is 2.09 bits per heavy atom. The Balaban J connectivity index is 1.68. The zero-order chi connectivity index (χ0) is 15.7. The summed E-state index contributed by atoms with van der Waals surface area (Å²) >= 11 is 5.26. The monoisotopic (exact) mass is 379 g/mol. The molecule has 1 saturated heterocycles. The van der Waals surface area contributed by atoms with Crippen LogP contribution in [0.5, 0.6) is 0 Å². The molecule has 1 aromatic heterocycles. The molecule has 1 fully saturated rings. The summed E-state index contributed by atoms with van der Waals surface area (Å²) < 4.78 is 1.10. The van der Waals surface area contributed by atoms with E-state index in [9.17, 15) is 0 Å². The van der Waals surface area contributed by atoms with Crippen LogP contribution < -0.4 is 5.73 Å². The molecule has 2 aromatic rings. The van der Waals surface area contributed by atoms with Gasteiger partial charge in [-0.15, -0.1) is 11.3 Å². The van der Waals surface area contributed by atoms with E-state index >= 15 is 0 Å². The Labute approximate surface area is 144 Å². The van der Waals surface area contributed by atoms with Crippen molar-refractivity contribution in [3.05, 3.63) is 39.8 Å². The molecule has 2 heterocycles. The molecule has 0 amide bonds. The number of hydrogen-bond donors (Lipinski definition) is 1. The molecule has 22 heavy (non-hydrogen) atoms. The smallest absolute Gasteiger partial charge is 0.123 e. The summed E-state index contributed by atoms with van der Waals surface area (Å²) in [6.45, 7) is 7.65. The molecular weight excluding hydrogens is 358 g/mol. The Bertz CT molecular complexity index is 636. The fourth-order valence-corrected chi connectivity index (χ4v) is 4.17. The molecule has 0 radical (unpaired) electrons. The maximum Gasteiger partial charge on any atom is 0.123 e. The van der Waals surface area contributed by atoms with Crippen molar-refractivity contribution in [1.82, 2.24) is 9.88 Å². The molecule has 1 aromatic carbocycles. The number of piperidine rings is 1. The Morgan fingerprint density at radius 1 is 1.36 bits per heavy atom. The third kappa shape index (κ3) is 3.59. The van der Waals surface area contributed by atoms with Crippen molar-refractivity contribution in [2.45, 2.75) is 32.9 Å². The molecule has 1 aliphatic rings. The highest BCUT2D eigenvalue weighted by Crippen LogP contribution is 2.31. The van der Waals surface area contributed by atoms with Crippen LogP contribution in [-0.2, 0) is 6.54 Å². The highest BCUT2D eigenvalue weighted by atomic mass is 79.9. The van der Waals surface area contributed by atoms with Gasteiger partial charge in [-0.25, -0.2) is 4.98 Å². The lowest BCUT2D eigenvalue weighted by atomic mass is 9.80. The number of hydrogen-bond acceptors (Lipinski definition) is 4. The summed E-state index contributed by atoms with van der Waals surface area (Å²) in [7, 11) is 0. The zero-order valence-electron chi connectivity index (χ0n) is 13.1. The van der Waals surface area contributed by atoms with Gasteiger partial charge in [0.05, 0.1) is 0 Å². The number of nitrogens with zero attached hydrogens (tertiary/aromatic N) is 2. The summed E-state index contributed by atoms with van der Waals surface area (Å²) in [5.41, 5.74) is 7.59. The van der Waals surface area contributed by atoms with Gasteiger partial charge in [0.2, 0.25) is 0 Å². The van der Waals surface area contributed by atoms with Gasteiger partial charge in [-0.1, -0.05) is 41.9 Å². The molecule has 0 bridgehead atoms. The van der Waals surface area contributed by atoms with Crippen LogP contribution in [0.1, 0.15) is 25.1 Å².